The molecule has 0 aliphatic carbocycles. The van der Waals surface area contributed by atoms with E-state index in [0.29, 0.717) is 11.4 Å². The second-order valence-electron chi connectivity index (χ2n) is 5.27. The minimum absolute atomic E-state index is 0.0270. The molecular formula is C15H20N4OS2. The van der Waals surface area contributed by atoms with E-state index in [1.165, 1.54) is 30.6 Å². The van der Waals surface area contributed by atoms with Crippen LogP contribution in [0.4, 0.5) is 5.82 Å². The molecule has 3 heterocycles. The molecule has 0 spiro atoms. The largest absolute Gasteiger partial charge is 0.356 e. The van der Waals surface area contributed by atoms with Crippen LogP contribution in [-0.2, 0) is 0 Å². The molecule has 1 fully saturated rings. The number of hydrogen-bond acceptors (Lipinski definition) is 6. The molecule has 3 rings (SSSR count). The Balaban J connectivity index is 2.06. The maximum Gasteiger partial charge on any atom is 0.261 e. The molecule has 0 radical (unpaired) electrons. The number of amides is 1. The van der Waals surface area contributed by atoms with Gasteiger partial charge in [-0.15, -0.1) is 11.3 Å². The fourth-order valence-corrected chi connectivity index (χ4v) is 4.05. The fourth-order valence-electron chi connectivity index (χ4n) is 2.68. The SMILES string of the molecule is CCNC(=O)c1cc2c(N3CCCCC3)nc(SC)nc2s1. The maximum absolute atomic E-state index is 12.1. The lowest BCUT2D eigenvalue weighted by Gasteiger charge is -2.28. The first-order valence-corrected chi connectivity index (χ1v) is 9.65. The molecule has 5 nitrogen and oxygen atoms in total. The van der Waals surface area contributed by atoms with Gasteiger partial charge in [-0.3, -0.25) is 4.79 Å². The summed E-state index contributed by atoms with van der Waals surface area (Å²) in [5.74, 6) is 0.960. The van der Waals surface area contributed by atoms with E-state index in [-0.39, 0.29) is 5.91 Å². The summed E-state index contributed by atoms with van der Waals surface area (Å²) in [5, 5.41) is 4.64. The van der Waals surface area contributed by atoms with Crippen molar-refractivity contribution in [3.05, 3.63) is 10.9 Å². The van der Waals surface area contributed by atoms with Gasteiger partial charge in [0, 0.05) is 19.6 Å². The molecule has 1 N–H and O–H groups in total. The summed E-state index contributed by atoms with van der Waals surface area (Å²) in [6, 6.07) is 1.94. The van der Waals surface area contributed by atoms with Crippen LogP contribution >= 0.6 is 23.1 Å². The van der Waals surface area contributed by atoms with Crippen LogP contribution < -0.4 is 10.2 Å². The molecule has 0 saturated carbocycles. The fraction of sp³-hybridized carbons (Fsp3) is 0.533. The molecule has 2 aromatic heterocycles. The Morgan fingerprint density at radius 2 is 2.14 bits per heavy atom. The second kappa shape index (κ2) is 6.83. The quantitative estimate of drug-likeness (QED) is 0.686. The third-order valence-electron chi connectivity index (χ3n) is 3.75. The molecule has 7 heteroatoms. The average Bonchev–Trinajstić information content (AvgIpc) is 2.99. The zero-order chi connectivity index (χ0) is 15.5. The number of nitrogens with zero attached hydrogens (tertiary/aromatic N) is 3. The maximum atomic E-state index is 12.1. The molecule has 1 amide bonds. The number of aromatic nitrogens is 2. The Kier molecular flexibility index (Phi) is 4.83. The van der Waals surface area contributed by atoms with Crippen molar-refractivity contribution in [2.45, 2.75) is 31.3 Å². The first kappa shape index (κ1) is 15.6. The van der Waals surface area contributed by atoms with Gasteiger partial charge in [0.2, 0.25) is 0 Å². The Morgan fingerprint density at radius 1 is 1.36 bits per heavy atom. The van der Waals surface area contributed by atoms with Crippen molar-refractivity contribution in [2.75, 3.05) is 30.8 Å². The predicted molar refractivity (Wildman–Crippen MR) is 93.3 cm³/mol. The van der Waals surface area contributed by atoms with Crippen LogP contribution in [0.5, 0.6) is 0 Å². The van der Waals surface area contributed by atoms with Crippen LogP contribution in [0.3, 0.4) is 0 Å². The number of thioether (sulfide) groups is 1. The monoisotopic (exact) mass is 336 g/mol. The van der Waals surface area contributed by atoms with Gasteiger partial charge in [-0.05, 0) is 38.5 Å². The minimum atomic E-state index is -0.0270. The molecule has 0 unspecified atom stereocenters. The van der Waals surface area contributed by atoms with E-state index in [2.05, 4.69) is 15.2 Å². The predicted octanol–water partition coefficient (Wildman–Crippen LogP) is 3.15. The van der Waals surface area contributed by atoms with Gasteiger partial charge in [0.1, 0.15) is 10.6 Å². The first-order chi connectivity index (χ1) is 10.7. The van der Waals surface area contributed by atoms with Crippen molar-refractivity contribution in [2.24, 2.45) is 0 Å². The van der Waals surface area contributed by atoms with Crippen LogP contribution in [0, 0.1) is 0 Å². The summed E-state index contributed by atoms with van der Waals surface area (Å²) in [6.07, 6.45) is 5.67. The van der Waals surface area contributed by atoms with Gasteiger partial charge in [-0.25, -0.2) is 9.97 Å². The number of carbonyl (C=O) groups is 1. The Bertz CT molecular complexity index is 679. The molecule has 1 saturated heterocycles. The van der Waals surface area contributed by atoms with E-state index in [1.54, 1.807) is 11.8 Å². The van der Waals surface area contributed by atoms with Crippen LogP contribution in [0.1, 0.15) is 35.9 Å². The number of nitrogens with one attached hydrogen (secondary N) is 1. The summed E-state index contributed by atoms with van der Waals surface area (Å²) in [4.78, 5) is 25.3. The van der Waals surface area contributed by atoms with Crippen molar-refractivity contribution >= 4 is 45.0 Å². The molecule has 1 aliphatic heterocycles. The van der Waals surface area contributed by atoms with Gasteiger partial charge in [0.05, 0.1) is 10.3 Å². The zero-order valence-electron chi connectivity index (χ0n) is 12.9. The second-order valence-corrected chi connectivity index (χ2v) is 7.07. The highest BCUT2D eigenvalue weighted by Gasteiger charge is 2.20. The van der Waals surface area contributed by atoms with E-state index in [4.69, 9.17) is 4.98 Å². The minimum Gasteiger partial charge on any atom is -0.356 e. The molecule has 22 heavy (non-hydrogen) atoms. The van der Waals surface area contributed by atoms with Crippen molar-refractivity contribution in [3.63, 3.8) is 0 Å². The lowest BCUT2D eigenvalue weighted by atomic mass is 10.1. The van der Waals surface area contributed by atoms with E-state index in [1.807, 2.05) is 19.2 Å². The lowest BCUT2D eigenvalue weighted by molar-refractivity contribution is 0.0960. The van der Waals surface area contributed by atoms with Crippen molar-refractivity contribution < 1.29 is 4.79 Å². The van der Waals surface area contributed by atoms with Gasteiger partial charge >= 0.3 is 0 Å². The zero-order valence-corrected chi connectivity index (χ0v) is 14.5. The number of piperidine rings is 1. The average molecular weight is 336 g/mol. The molecule has 0 bridgehead atoms. The summed E-state index contributed by atoms with van der Waals surface area (Å²) >= 11 is 3.00. The summed E-state index contributed by atoms with van der Waals surface area (Å²) < 4.78 is 0. The molecule has 2 aromatic rings. The standard InChI is InChI=1S/C15H20N4OS2/c1-3-16-13(20)11-9-10-12(19-7-5-4-6-8-19)17-15(21-2)18-14(10)22-11/h9H,3-8H2,1-2H3,(H,16,20). The topological polar surface area (TPSA) is 58.1 Å². The van der Waals surface area contributed by atoms with Gasteiger partial charge in [-0.2, -0.15) is 0 Å². The first-order valence-electron chi connectivity index (χ1n) is 7.61. The van der Waals surface area contributed by atoms with Crippen LogP contribution in [0.25, 0.3) is 10.2 Å². The summed E-state index contributed by atoms with van der Waals surface area (Å²) in [7, 11) is 0. The highest BCUT2D eigenvalue weighted by molar-refractivity contribution is 7.98. The smallest absolute Gasteiger partial charge is 0.261 e. The van der Waals surface area contributed by atoms with Gasteiger partial charge < -0.3 is 10.2 Å². The van der Waals surface area contributed by atoms with Crippen LogP contribution in [0.2, 0.25) is 0 Å². The summed E-state index contributed by atoms with van der Waals surface area (Å²) in [6.45, 7) is 4.63. The Hall–Kier alpha value is -1.34. The van der Waals surface area contributed by atoms with Gasteiger partial charge in [0.25, 0.3) is 5.91 Å². The van der Waals surface area contributed by atoms with E-state index in [0.717, 1.165) is 34.3 Å². The Labute approximate surface area is 138 Å². The molecule has 0 aromatic carbocycles. The molecule has 0 atom stereocenters. The third-order valence-corrected chi connectivity index (χ3v) is 5.33. The molecule has 118 valence electrons. The normalized spacial score (nSPS) is 15.3. The number of hydrogen-bond donors (Lipinski definition) is 1. The van der Waals surface area contributed by atoms with Gasteiger partial charge in [-0.1, -0.05) is 11.8 Å². The number of rotatable bonds is 4. The van der Waals surface area contributed by atoms with Crippen molar-refractivity contribution in [3.8, 4) is 0 Å². The van der Waals surface area contributed by atoms with Crippen LogP contribution in [0.15, 0.2) is 11.2 Å². The van der Waals surface area contributed by atoms with Crippen molar-refractivity contribution in [1.82, 2.24) is 15.3 Å². The van der Waals surface area contributed by atoms with E-state index >= 15 is 0 Å². The van der Waals surface area contributed by atoms with E-state index in [9.17, 15) is 4.79 Å². The number of fused-ring (bicyclic) bond motifs is 1. The number of thiophene rings is 1. The molecule has 1 aliphatic rings. The number of carbonyl (C=O) groups excluding carboxylic acids is 1. The van der Waals surface area contributed by atoms with E-state index < -0.39 is 0 Å². The number of anilines is 1. The highest BCUT2D eigenvalue weighted by atomic mass is 32.2. The van der Waals surface area contributed by atoms with Crippen LogP contribution in [-0.4, -0.2) is 41.8 Å². The third kappa shape index (κ3) is 3.05. The lowest BCUT2D eigenvalue weighted by Crippen LogP contribution is -2.30. The highest BCUT2D eigenvalue weighted by Crippen LogP contribution is 2.33. The van der Waals surface area contributed by atoms with Crippen molar-refractivity contribution in [1.29, 1.82) is 0 Å². The molecular weight excluding hydrogens is 316 g/mol. The summed E-state index contributed by atoms with van der Waals surface area (Å²) in [5.41, 5.74) is 0. The van der Waals surface area contributed by atoms with Gasteiger partial charge in [0.15, 0.2) is 5.16 Å². The Morgan fingerprint density at radius 3 is 2.82 bits per heavy atom.